The standard InChI is InChI=1S/C29H29ClFNO3/c1-2-34-29(33)28-24(13-4-3-7-17-30)25-20-22(31)15-16-26(25)32(28)18-9-19-35-27-14-8-11-21-10-5-6-12-23(21)27/h4-6,8,10-16,20H,2-3,7,9,17-19H2,1H3/b13-4+. The van der Waals surface area contributed by atoms with Crippen LogP contribution >= 0.6 is 11.6 Å². The Morgan fingerprint density at radius 2 is 1.89 bits per heavy atom. The van der Waals surface area contributed by atoms with Crippen molar-refractivity contribution in [2.75, 3.05) is 19.1 Å². The summed E-state index contributed by atoms with van der Waals surface area (Å²) in [6.45, 7) is 3.03. The number of aromatic nitrogens is 1. The number of hydrogen-bond donors (Lipinski definition) is 0. The average Bonchev–Trinajstić information content (AvgIpc) is 3.17. The Balaban J connectivity index is 1.62. The summed E-state index contributed by atoms with van der Waals surface area (Å²) >= 11 is 5.80. The summed E-state index contributed by atoms with van der Waals surface area (Å²) in [5.74, 6) is 0.620. The molecule has 4 nitrogen and oxygen atoms in total. The van der Waals surface area contributed by atoms with Gasteiger partial charge in [-0.05, 0) is 55.8 Å². The van der Waals surface area contributed by atoms with Gasteiger partial charge < -0.3 is 14.0 Å². The first-order valence-corrected chi connectivity index (χ1v) is 12.5. The molecule has 4 aromatic rings. The molecule has 0 radical (unpaired) electrons. The van der Waals surface area contributed by atoms with E-state index < -0.39 is 5.97 Å². The molecule has 0 N–H and O–H groups in total. The zero-order chi connectivity index (χ0) is 24.6. The minimum absolute atomic E-state index is 0.258. The quantitative estimate of drug-likeness (QED) is 0.123. The summed E-state index contributed by atoms with van der Waals surface area (Å²) < 4.78 is 27.6. The Kier molecular flexibility index (Phi) is 8.43. The highest BCUT2D eigenvalue weighted by atomic mass is 35.5. The van der Waals surface area contributed by atoms with E-state index in [1.807, 2.05) is 47.1 Å². The molecule has 0 atom stereocenters. The fraction of sp³-hybridized carbons (Fsp3) is 0.276. The fourth-order valence-corrected chi connectivity index (χ4v) is 4.45. The van der Waals surface area contributed by atoms with Gasteiger partial charge >= 0.3 is 5.97 Å². The molecule has 1 aromatic heterocycles. The molecule has 0 aliphatic carbocycles. The maximum Gasteiger partial charge on any atom is 0.355 e. The third kappa shape index (κ3) is 5.68. The van der Waals surface area contributed by atoms with Crippen molar-refractivity contribution in [3.05, 3.63) is 83.8 Å². The Morgan fingerprint density at radius 3 is 2.71 bits per heavy atom. The van der Waals surface area contributed by atoms with Crippen LogP contribution in [0.4, 0.5) is 4.39 Å². The first-order chi connectivity index (χ1) is 17.1. The highest BCUT2D eigenvalue weighted by molar-refractivity contribution is 6.17. The van der Waals surface area contributed by atoms with Crippen LogP contribution < -0.4 is 4.74 Å². The summed E-state index contributed by atoms with van der Waals surface area (Å²) in [6, 6.07) is 18.7. The number of benzene rings is 3. The normalized spacial score (nSPS) is 11.5. The third-order valence-corrected chi connectivity index (χ3v) is 6.12. The minimum Gasteiger partial charge on any atom is -0.493 e. The zero-order valence-corrected chi connectivity index (χ0v) is 20.6. The molecule has 182 valence electrons. The number of carbonyl (C=O) groups is 1. The smallest absolute Gasteiger partial charge is 0.355 e. The van der Waals surface area contributed by atoms with Crippen LogP contribution in [0.2, 0.25) is 0 Å². The Morgan fingerprint density at radius 1 is 1.06 bits per heavy atom. The van der Waals surface area contributed by atoms with Crippen molar-refractivity contribution in [2.24, 2.45) is 0 Å². The van der Waals surface area contributed by atoms with E-state index in [0.717, 1.165) is 34.9 Å². The van der Waals surface area contributed by atoms with Crippen LogP contribution in [-0.2, 0) is 11.3 Å². The van der Waals surface area contributed by atoms with E-state index in [0.29, 0.717) is 42.1 Å². The highest BCUT2D eigenvalue weighted by Crippen LogP contribution is 2.30. The van der Waals surface area contributed by atoms with Crippen LogP contribution in [0, 0.1) is 5.82 Å². The number of aryl methyl sites for hydroxylation is 1. The molecule has 6 heteroatoms. The molecule has 0 aliphatic heterocycles. The highest BCUT2D eigenvalue weighted by Gasteiger charge is 2.23. The van der Waals surface area contributed by atoms with Crippen molar-refractivity contribution in [1.29, 1.82) is 0 Å². The molecule has 1 heterocycles. The van der Waals surface area contributed by atoms with Gasteiger partial charge in [0, 0.05) is 34.3 Å². The summed E-state index contributed by atoms with van der Waals surface area (Å²) in [4.78, 5) is 13.0. The number of fused-ring (bicyclic) bond motifs is 2. The van der Waals surface area contributed by atoms with Gasteiger partial charge in [-0.15, -0.1) is 11.6 Å². The van der Waals surface area contributed by atoms with E-state index in [-0.39, 0.29) is 12.4 Å². The van der Waals surface area contributed by atoms with Crippen molar-refractivity contribution in [3.63, 3.8) is 0 Å². The number of ether oxygens (including phenoxy) is 2. The van der Waals surface area contributed by atoms with Crippen LogP contribution in [0.3, 0.4) is 0 Å². The lowest BCUT2D eigenvalue weighted by Crippen LogP contribution is -2.15. The van der Waals surface area contributed by atoms with Crippen LogP contribution in [-0.4, -0.2) is 29.6 Å². The second-order valence-electron chi connectivity index (χ2n) is 8.21. The molecule has 0 amide bonds. The van der Waals surface area contributed by atoms with Crippen LogP contribution in [0.25, 0.3) is 27.8 Å². The van der Waals surface area contributed by atoms with Gasteiger partial charge in [-0.3, -0.25) is 0 Å². The summed E-state index contributed by atoms with van der Waals surface area (Å²) in [5, 5.41) is 2.87. The van der Waals surface area contributed by atoms with E-state index in [1.54, 1.807) is 13.0 Å². The molecule has 0 saturated heterocycles. The van der Waals surface area contributed by atoms with Gasteiger partial charge in [0.25, 0.3) is 0 Å². The number of unbranched alkanes of at least 4 members (excludes halogenated alkanes) is 1. The summed E-state index contributed by atoms with van der Waals surface area (Å²) in [7, 11) is 0. The first kappa shape index (κ1) is 24.8. The van der Waals surface area contributed by atoms with Gasteiger partial charge in [0.1, 0.15) is 17.3 Å². The molecule has 3 aromatic carbocycles. The molecule has 0 saturated carbocycles. The number of allylic oxidation sites excluding steroid dienone is 1. The Bertz CT molecular complexity index is 1340. The number of alkyl halides is 1. The lowest BCUT2D eigenvalue weighted by molar-refractivity contribution is 0.0513. The average molecular weight is 494 g/mol. The van der Waals surface area contributed by atoms with E-state index in [4.69, 9.17) is 21.1 Å². The first-order valence-electron chi connectivity index (χ1n) is 12.0. The molecular weight excluding hydrogens is 465 g/mol. The van der Waals surface area contributed by atoms with Crippen molar-refractivity contribution < 1.29 is 18.7 Å². The molecule has 35 heavy (non-hydrogen) atoms. The Hall–Kier alpha value is -3.31. The number of carbonyl (C=O) groups excluding carboxylic acids is 1. The van der Waals surface area contributed by atoms with Gasteiger partial charge in [0.05, 0.1) is 13.2 Å². The number of hydrogen-bond acceptors (Lipinski definition) is 3. The largest absolute Gasteiger partial charge is 0.493 e. The monoisotopic (exact) mass is 493 g/mol. The fourth-order valence-electron chi connectivity index (χ4n) is 4.30. The van der Waals surface area contributed by atoms with E-state index in [1.165, 1.54) is 12.1 Å². The second kappa shape index (κ2) is 11.9. The van der Waals surface area contributed by atoms with Crippen molar-refractivity contribution in [3.8, 4) is 5.75 Å². The molecule has 0 spiro atoms. The number of rotatable bonds is 11. The molecule has 0 fully saturated rings. The molecule has 0 bridgehead atoms. The summed E-state index contributed by atoms with van der Waals surface area (Å²) in [5.41, 5.74) is 1.89. The molecule has 0 aliphatic rings. The van der Waals surface area contributed by atoms with Gasteiger partial charge in [0.15, 0.2) is 0 Å². The topological polar surface area (TPSA) is 40.5 Å². The van der Waals surface area contributed by atoms with Gasteiger partial charge in [-0.25, -0.2) is 9.18 Å². The third-order valence-electron chi connectivity index (χ3n) is 5.86. The number of esters is 1. The van der Waals surface area contributed by atoms with Crippen LogP contribution in [0.15, 0.2) is 66.7 Å². The predicted molar refractivity (Wildman–Crippen MR) is 141 cm³/mol. The SMILES string of the molecule is CCOC(=O)c1c(/C=C/CCCCl)c2cc(F)ccc2n1CCCOc1cccc2ccccc12. The van der Waals surface area contributed by atoms with Crippen LogP contribution in [0.1, 0.15) is 42.2 Å². The van der Waals surface area contributed by atoms with E-state index in [2.05, 4.69) is 12.1 Å². The van der Waals surface area contributed by atoms with Crippen molar-refractivity contribution in [1.82, 2.24) is 4.57 Å². The molecule has 4 rings (SSSR count). The van der Waals surface area contributed by atoms with Crippen LogP contribution in [0.5, 0.6) is 5.75 Å². The minimum atomic E-state index is -0.420. The molecule has 0 unspecified atom stereocenters. The maximum absolute atomic E-state index is 14.2. The molecular formula is C29H29ClFNO3. The number of nitrogens with zero attached hydrogens (tertiary/aromatic N) is 1. The van der Waals surface area contributed by atoms with Gasteiger partial charge in [0.2, 0.25) is 0 Å². The lowest BCUT2D eigenvalue weighted by atomic mass is 10.1. The predicted octanol–water partition coefficient (Wildman–Crippen LogP) is 7.61. The maximum atomic E-state index is 14.2. The zero-order valence-electron chi connectivity index (χ0n) is 19.8. The lowest BCUT2D eigenvalue weighted by Gasteiger charge is -2.13. The number of halogens is 2. The van der Waals surface area contributed by atoms with Crippen molar-refractivity contribution >= 4 is 45.3 Å². The second-order valence-corrected chi connectivity index (χ2v) is 8.59. The van der Waals surface area contributed by atoms with E-state index in [9.17, 15) is 9.18 Å². The van der Waals surface area contributed by atoms with Crippen molar-refractivity contribution in [2.45, 2.75) is 32.7 Å². The van der Waals surface area contributed by atoms with Gasteiger partial charge in [-0.1, -0.05) is 48.6 Å². The summed E-state index contributed by atoms with van der Waals surface area (Å²) in [6.07, 6.45) is 6.10. The van der Waals surface area contributed by atoms with E-state index >= 15 is 0 Å². The van der Waals surface area contributed by atoms with Gasteiger partial charge in [-0.2, -0.15) is 0 Å². The Labute approximate surface area is 209 Å².